The summed E-state index contributed by atoms with van der Waals surface area (Å²) in [6, 6.07) is 9.26. The molecule has 0 bridgehead atoms. The molecule has 9 heteroatoms. The average Bonchev–Trinajstić information content (AvgIpc) is 3.14. The number of nitrogens with one attached hydrogen (secondary N) is 1. The van der Waals surface area contributed by atoms with Crippen molar-refractivity contribution in [2.75, 3.05) is 7.05 Å². The SMILES string of the molecule is CNC1CCCc2c1cn(S(=O)(=O)c1cccc(C(F)(F)F)c1)c2-c1ccccc1F. The number of nitrogens with zero attached hydrogens (tertiary/aromatic N) is 1. The van der Waals surface area contributed by atoms with Gasteiger partial charge in [-0.25, -0.2) is 16.8 Å². The Kier molecular flexibility index (Phi) is 5.43. The largest absolute Gasteiger partial charge is 0.416 e. The molecule has 0 radical (unpaired) electrons. The second-order valence-electron chi connectivity index (χ2n) is 7.45. The molecule has 1 heterocycles. The summed E-state index contributed by atoms with van der Waals surface area (Å²) in [6.45, 7) is 0. The van der Waals surface area contributed by atoms with Gasteiger partial charge < -0.3 is 5.32 Å². The fourth-order valence-corrected chi connectivity index (χ4v) is 5.57. The van der Waals surface area contributed by atoms with Gasteiger partial charge in [-0.2, -0.15) is 13.2 Å². The Labute approximate surface area is 177 Å². The van der Waals surface area contributed by atoms with Crippen molar-refractivity contribution in [2.24, 2.45) is 0 Å². The van der Waals surface area contributed by atoms with Crippen molar-refractivity contribution in [3.8, 4) is 11.3 Å². The highest BCUT2D eigenvalue weighted by molar-refractivity contribution is 7.90. The Balaban J connectivity index is 1.99. The molecule has 1 N–H and O–H groups in total. The van der Waals surface area contributed by atoms with E-state index in [1.807, 2.05) is 0 Å². The molecule has 1 unspecified atom stereocenters. The minimum absolute atomic E-state index is 0.0936. The summed E-state index contributed by atoms with van der Waals surface area (Å²) in [5, 5.41) is 3.14. The fourth-order valence-electron chi connectivity index (χ4n) is 4.11. The van der Waals surface area contributed by atoms with Gasteiger partial charge in [0, 0.05) is 17.8 Å². The summed E-state index contributed by atoms with van der Waals surface area (Å²) >= 11 is 0. The van der Waals surface area contributed by atoms with E-state index in [-0.39, 0.29) is 17.3 Å². The molecule has 4 rings (SSSR count). The molecule has 1 aliphatic rings. The van der Waals surface area contributed by atoms with Crippen LogP contribution in [0.15, 0.2) is 59.6 Å². The van der Waals surface area contributed by atoms with Gasteiger partial charge in [0.15, 0.2) is 0 Å². The molecule has 0 saturated heterocycles. The molecule has 2 aromatic carbocycles. The van der Waals surface area contributed by atoms with E-state index in [4.69, 9.17) is 0 Å². The lowest BCUT2D eigenvalue weighted by atomic mass is 9.88. The molecule has 4 nitrogen and oxygen atoms in total. The molecule has 1 aromatic heterocycles. The highest BCUT2D eigenvalue weighted by atomic mass is 32.2. The number of hydrogen-bond donors (Lipinski definition) is 1. The van der Waals surface area contributed by atoms with E-state index in [9.17, 15) is 26.0 Å². The maximum Gasteiger partial charge on any atom is 0.416 e. The van der Waals surface area contributed by atoms with E-state index in [0.29, 0.717) is 23.6 Å². The lowest BCUT2D eigenvalue weighted by molar-refractivity contribution is -0.137. The Morgan fingerprint density at radius 1 is 1.10 bits per heavy atom. The molecule has 0 saturated carbocycles. The topological polar surface area (TPSA) is 51.1 Å². The first-order chi connectivity index (χ1) is 14.6. The zero-order chi connectivity index (χ0) is 22.4. The number of benzene rings is 2. The quantitative estimate of drug-likeness (QED) is 0.558. The zero-order valence-electron chi connectivity index (χ0n) is 16.6. The third-order valence-electron chi connectivity index (χ3n) is 5.60. The minimum Gasteiger partial charge on any atom is -0.313 e. The van der Waals surface area contributed by atoms with Crippen LogP contribution in [0.25, 0.3) is 11.3 Å². The van der Waals surface area contributed by atoms with Gasteiger partial charge in [-0.1, -0.05) is 18.2 Å². The van der Waals surface area contributed by atoms with Gasteiger partial charge in [0.2, 0.25) is 0 Å². The smallest absolute Gasteiger partial charge is 0.313 e. The van der Waals surface area contributed by atoms with E-state index in [1.165, 1.54) is 24.4 Å². The minimum atomic E-state index is -4.69. The number of hydrogen-bond acceptors (Lipinski definition) is 3. The second kappa shape index (κ2) is 7.80. The molecule has 0 spiro atoms. The van der Waals surface area contributed by atoms with Crippen molar-refractivity contribution < 1.29 is 26.0 Å². The first-order valence-electron chi connectivity index (χ1n) is 9.73. The molecule has 1 atom stereocenters. The van der Waals surface area contributed by atoms with Crippen molar-refractivity contribution >= 4 is 10.0 Å². The molecule has 0 fully saturated rings. The molecular formula is C22H20F4N2O2S. The van der Waals surface area contributed by atoms with Crippen LogP contribution in [-0.2, 0) is 22.6 Å². The Bertz CT molecular complexity index is 1230. The molecule has 164 valence electrons. The van der Waals surface area contributed by atoms with Crippen LogP contribution in [-0.4, -0.2) is 19.4 Å². The van der Waals surface area contributed by atoms with E-state index in [0.717, 1.165) is 35.0 Å². The van der Waals surface area contributed by atoms with Gasteiger partial charge in [-0.15, -0.1) is 0 Å². The van der Waals surface area contributed by atoms with Crippen molar-refractivity contribution in [3.05, 3.63) is 77.2 Å². The third kappa shape index (κ3) is 3.76. The van der Waals surface area contributed by atoms with E-state index in [1.54, 1.807) is 13.1 Å². The first-order valence-corrected chi connectivity index (χ1v) is 11.2. The highest BCUT2D eigenvalue weighted by Gasteiger charge is 2.34. The van der Waals surface area contributed by atoms with Crippen molar-refractivity contribution in [1.82, 2.24) is 9.29 Å². The number of alkyl halides is 3. The maximum atomic E-state index is 14.7. The second-order valence-corrected chi connectivity index (χ2v) is 9.27. The lowest BCUT2D eigenvalue weighted by Crippen LogP contribution is -2.20. The standard InChI is InChI=1S/C22H20F4N2O2S/c1-27-20-11-5-9-16-18(20)13-28(21(16)17-8-2-3-10-19(17)23)31(29,30)15-7-4-6-14(12-15)22(24,25)26/h2-4,6-8,10,12-13,20,27H,5,9,11H2,1H3. The van der Waals surface area contributed by atoms with Gasteiger partial charge in [0.1, 0.15) is 5.82 Å². The van der Waals surface area contributed by atoms with Crippen LogP contribution in [0.5, 0.6) is 0 Å². The van der Waals surface area contributed by atoms with Gasteiger partial charge in [0.25, 0.3) is 10.0 Å². The normalized spacial score (nSPS) is 16.9. The predicted octanol–water partition coefficient (Wildman–Crippen LogP) is 5.15. The van der Waals surface area contributed by atoms with E-state index < -0.39 is 32.5 Å². The van der Waals surface area contributed by atoms with Gasteiger partial charge >= 0.3 is 6.18 Å². The lowest BCUT2D eigenvalue weighted by Gasteiger charge is -2.22. The van der Waals surface area contributed by atoms with Crippen LogP contribution in [0.4, 0.5) is 17.6 Å². The summed E-state index contributed by atoms with van der Waals surface area (Å²) in [5.74, 6) is -0.601. The van der Waals surface area contributed by atoms with Crippen LogP contribution < -0.4 is 5.32 Å². The monoisotopic (exact) mass is 452 g/mol. The number of aromatic nitrogens is 1. The van der Waals surface area contributed by atoms with Crippen LogP contribution in [0.2, 0.25) is 0 Å². The number of fused-ring (bicyclic) bond motifs is 1. The summed E-state index contributed by atoms with van der Waals surface area (Å²) in [5.41, 5.74) is 0.585. The van der Waals surface area contributed by atoms with Gasteiger partial charge in [-0.05, 0) is 67.8 Å². The van der Waals surface area contributed by atoms with Crippen LogP contribution in [0.3, 0.4) is 0 Å². The third-order valence-corrected chi connectivity index (χ3v) is 7.26. The Hall–Kier alpha value is -2.65. The zero-order valence-corrected chi connectivity index (χ0v) is 17.4. The summed E-state index contributed by atoms with van der Waals surface area (Å²) in [7, 11) is -2.67. The van der Waals surface area contributed by atoms with E-state index in [2.05, 4.69) is 5.32 Å². The average molecular weight is 452 g/mol. The summed E-state index contributed by atoms with van der Waals surface area (Å²) < 4.78 is 82.2. The van der Waals surface area contributed by atoms with Crippen molar-refractivity contribution in [2.45, 2.75) is 36.4 Å². The summed E-state index contributed by atoms with van der Waals surface area (Å²) in [4.78, 5) is -0.506. The Morgan fingerprint density at radius 3 is 2.52 bits per heavy atom. The maximum absolute atomic E-state index is 14.7. The highest BCUT2D eigenvalue weighted by Crippen LogP contribution is 2.41. The molecule has 1 aliphatic carbocycles. The predicted molar refractivity (Wildman–Crippen MR) is 109 cm³/mol. The molecule has 0 aliphatic heterocycles. The Morgan fingerprint density at radius 2 is 1.84 bits per heavy atom. The molecular weight excluding hydrogens is 432 g/mol. The molecule has 0 amide bonds. The number of halogens is 4. The molecule has 31 heavy (non-hydrogen) atoms. The van der Waals surface area contributed by atoms with Crippen LogP contribution in [0.1, 0.15) is 35.6 Å². The van der Waals surface area contributed by atoms with Crippen LogP contribution in [0, 0.1) is 5.82 Å². The van der Waals surface area contributed by atoms with Crippen molar-refractivity contribution in [1.29, 1.82) is 0 Å². The fraction of sp³-hybridized carbons (Fsp3) is 0.273. The van der Waals surface area contributed by atoms with Gasteiger partial charge in [-0.3, -0.25) is 0 Å². The van der Waals surface area contributed by atoms with Crippen LogP contribution >= 0.6 is 0 Å². The van der Waals surface area contributed by atoms with E-state index >= 15 is 0 Å². The first kappa shape index (κ1) is 21.6. The molecule has 3 aromatic rings. The number of rotatable bonds is 4. The van der Waals surface area contributed by atoms with Gasteiger partial charge in [0.05, 0.1) is 16.2 Å². The van der Waals surface area contributed by atoms with Crippen molar-refractivity contribution in [3.63, 3.8) is 0 Å². The summed E-state index contributed by atoms with van der Waals surface area (Å²) in [6.07, 6.45) is -1.19.